The fourth-order valence-corrected chi connectivity index (χ4v) is 2.97. The Morgan fingerprint density at radius 3 is 2.33 bits per heavy atom. The monoisotopic (exact) mass is 271 g/mol. The Labute approximate surface area is 114 Å². The van der Waals surface area contributed by atoms with Crippen molar-refractivity contribution in [2.75, 3.05) is 20.8 Å². The minimum atomic E-state index is -0.191. The first kappa shape index (κ1) is 15.6. The number of methoxy groups -OCH3 is 2. The van der Waals surface area contributed by atoms with E-state index in [2.05, 4.69) is 31.3 Å². The third kappa shape index (κ3) is 4.69. The Bertz CT molecular complexity index is 323. The van der Waals surface area contributed by atoms with E-state index in [0.717, 1.165) is 25.8 Å². The molecule has 0 spiro atoms. The lowest BCUT2D eigenvalue weighted by Gasteiger charge is -2.25. The fraction of sp³-hybridized carbons (Fsp3) is 0.714. The predicted molar refractivity (Wildman–Crippen MR) is 77.3 cm³/mol. The van der Waals surface area contributed by atoms with Crippen LogP contribution in [0.4, 0.5) is 0 Å². The minimum absolute atomic E-state index is 0.191. The van der Waals surface area contributed by atoms with E-state index in [-0.39, 0.29) is 12.3 Å². The molecule has 1 N–H and O–H groups in total. The Morgan fingerprint density at radius 1 is 1.17 bits per heavy atom. The first-order valence-electron chi connectivity index (χ1n) is 6.61. The van der Waals surface area contributed by atoms with E-state index in [4.69, 9.17) is 9.47 Å². The minimum Gasteiger partial charge on any atom is -0.354 e. The van der Waals surface area contributed by atoms with Crippen LogP contribution >= 0.6 is 11.3 Å². The van der Waals surface area contributed by atoms with Gasteiger partial charge in [0, 0.05) is 30.4 Å². The van der Waals surface area contributed by atoms with Crippen LogP contribution in [-0.2, 0) is 22.3 Å². The zero-order valence-electron chi connectivity index (χ0n) is 11.9. The second-order valence-corrected chi connectivity index (χ2v) is 5.58. The van der Waals surface area contributed by atoms with Gasteiger partial charge >= 0.3 is 0 Å². The number of aryl methyl sites for hydroxylation is 1. The van der Waals surface area contributed by atoms with Crippen LogP contribution < -0.4 is 5.32 Å². The molecule has 0 aliphatic rings. The molecule has 0 aliphatic carbocycles. The van der Waals surface area contributed by atoms with Crippen molar-refractivity contribution in [3.8, 4) is 0 Å². The molecule has 0 saturated heterocycles. The van der Waals surface area contributed by atoms with Crippen LogP contribution in [-0.4, -0.2) is 33.1 Å². The summed E-state index contributed by atoms with van der Waals surface area (Å²) in [6.45, 7) is 5.34. The molecule has 1 aromatic heterocycles. The first-order chi connectivity index (χ1) is 8.74. The lowest BCUT2D eigenvalue weighted by molar-refractivity contribution is -0.122. The predicted octanol–water partition coefficient (Wildman–Crippen LogP) is 2.84. The zero-order chi connectivity index (χ0) is 13.4. The van der Waals surface area contributed by atoms with Gasteiger partial charge in [-0.25, -0.2) is 0 Å². The SMILES string of the molecule is CCCNC(Cc1ccc(CC)s1)C(OC)OC. The summed E-state index contributed by atoms with van der Waals surface area (Å²) < 4.78 is 10.8. The molecule has 3 nitrogen and oxygen atoms in total. The molecule has 104 valence electrons. The molecule has 0 radical (unpaired) electrons. The summed E-state index contributed by atoms with van der Waals surface area (Å²) in [7, 11) is 3.39. The maximum absolute atomic E-state index is 5.38. The number of hydrogen-bond donors (Lipinski definition) is 1. The van der Waals surface area contributed by atoms with Gasteiger partial charge in [-0.15, -0.1) is 11.3 Å². The molecule has 1 unspecified atom stereocenters. The number of thiophene rings is 1. The highest BCUT2D eigenvalue weighted by atomic mass is 32.1. The summed E-state index contributed by atoms with van der Waals surface area (Å²) in [5, 5.41) is 3.50. The largest absolute Gasteiger partial charge is 0.354 e. The molecule has 0 aliphatic heterocycles. The third-order valence-electron chi connectivity index (χ3n) is 2.94. The molecular formula is C14H25NO2S. The van der Waals surface area contributed by atoms with Gasteiger partial charge < -0.3 is 14.8 Å². The molecule has 1 aromatic rings. The van der Waals surface area contributed by atoms with Crippen LogP contribution in [0, 0.1) is 0 Å². The number of nitrogens with one attached hydrogen (secondary N) is 1. The maximum Gasteiger partial charge on any atom is 0.172 e. The van der Waals surface area contributed by atoms with Gasteiger partial charge in [0.2, 0.25) is 0 Å². The average Bonchev–Trinajstić information content (AvgIpc) is 2.84. The summed E-state index contributed by atoms with van der Waals surface area (Å²) in [5.74, 6) is 0. The number of hydrogen-bond acceptors (Lipinski definition) is 4. The molecular weight excluding hydrogens is 246 g/mol. The van der Waals surface area contributed by atoms with E-state index in [0.29, 0.717) is 0 Å². The van der Waals surface area contributed by atoms with Crippen molar-refractivity contribution in [1.82, 2.24) is 5.32 Å². The fourth-order valence-electron chi connectivity index (χ4n) is 1.96. The second kappa shape index (κ2) is 8.64. The van der Waals surface area contributed by atoms with E-state index in [1.54, 1.807) is 14.2 Å². The Balaban J connectivity index is 2.64. The van der Waals surface area contributed by atoms with Crippen molar-refractivity contribution < 1.29 is 9.47 Å². The Kier molecular flexibility index (Phi) is 7.51. The van der Waals surface area contributed by atoms with Crippen LogP contribution in [0.1, 0.15) is 30.0 Å². The topological polar surface area (TPSA) is 30.5 Å². The van der Waals surface area contributed by atoms with E-state index in [1.807, 2.05) is 11.3 Å². The summed E-state index contributed by atoms with van der Waals surface area (Å²) in [5.41, 5.74) is 0. The van der Waals surface area contributed by atoms with Gasteiger partial charge in [-0.05, 0) is 31.5 Å². The van der Waals surface area contributed by atoms with Crippen LogP contribution in [0.25, 0.3) is 0 Å². The van der Waals surface area contributed by atoms with Gasteiger partial charge in [0.1, 0.15) is 0 Å². The Hall–Kier alpha value is -0.420. The summed E-state index contributed by atoms with van der Waals surface area (Å²) in [4.78, 5) is 2.82. The standard InChI is InChI=1S/C14H25NO2S/c1-5-9-15-13(14(16-3)17-4)10-12-8-7-11(6-2)18-12/h7-8,13-15H,5-6,9-10H2,1-4H3. The highest BCUT2D eigenvalue weighted by Gasteiger charge is 2.21. The summed E-state index contributed by atoms with van der Waals surface area (Å²) in [6.07, 6.45) is 2.98. The lowest BCUT2D eigenvalue weighted by atomic mass is 10.1. The van der Waals surface area contributed by atoms with E-state index < -0.39 is 0 Å². The molecule has 1 heterocycles. The van der Waals surface area contributed by atoms with Gasteiger partial charge in [0.25, 0.3) is 0 Å². The summed E-state index contributed by atoms with van der Waals surface area (Å²) in [6, 6.07) is 4.64. The Morgan fingerprint density at radius 2 is 1.83 bits per heavy atom. The van der Waals surface area contributed by atoms with Crippen LogP contribution in [0.3, 0.4) is 0 Å². The maximum atomic E-state index is 5.38. The van der Waals surface area contributed by atoms with Gasteiger partial charge in [0.15, 0.2) is 6.29 Å². The molecule has 1 rings (SSSR count). The molecule has 18 heavy (non-hydrogen) atoms. The van der Waals surface area contributed by atoms with Gasteiger partial charge in [-0.1, -0.05) is 13.8 Å². The smallest absolute Gasteiger partial charge is 0.172 e. The molecule has 1 atom stereocenters. The van der Waals surface area contributed by atoms with E-state index >= 15 is 0 Å². The highest BCUT2D eigenvalue weighted by Crippen LogP contribution is 2.20. The van der Waals surface area contributed by atoms with Crippen molar-refractivity contribution in [2.45, 2.75) is 45.4 Å². The number of ether oxygens (including phenoxy) is 2. The summed E-state index contributed by atoms with van der Waals surface area (Å²) >= 11 is 1.88. The van der Waals surface area contributed by atoms with Crippen LogP contribution in [0.2, 0.25) is 0 Å². The van der Waals surface area contributed by atoms with Crippen molar-refractivity contribution in [2.24, 2.45) is 0 Å². The van der Waals surface area contributed by atoms with Crippen molar-refractivity contribution in [1.29, 1.82) is 0 Å². The third-order valence-corrected chi connectivity index (χ3v) is 4.19. The molecule has 0 bridgehead atoms. The zero-order valence-corrected chi connectivity index (χ0v) is 12.7. The van der Waals surface area contributed by atoms with Gasteiger partial charge in [-0.2, -0.15) is 0 Å². The second-order valence-electron chi connectivity index (χ2n) is 4.33. The van der Waals surface area contributed by atoms with Crippen molar-refractivity contribution in [3.05, 3.63) is 21.9 Å². The van der Waals surface area contributed by atoms with E-state index in [1.165, 1.54) is 9.75 Å². The molecule has 0 saturated carbocycles. The normalized spacial score (nSPS) is 13.2. The van der Waals surface area contributed by atoms with Gasteiger partial charge in [-0.3, -0.25) is 0 Å². The van der Waals surface area contributed by atoms with E-state index in [9.17, 15) is 0 Å². The highest BCUT2D eigenvalue weighted by molar-refractivity contribution is 7.11. The first-order valence-corrected chi connectivity index (χ1v) is 7.43. The van der Waals surface area contributed by atoms with Crippen molar-refractivity contribution in [3.63, 3.8) is 0 Å². The van der Waals surface area contributed by atoms with Crippen LogP contribution in [0.15, 0.2) is 12.1 Å². The average molecular weight is 271 g/mol. The lowest BCUT2D eigenvalue weighted by Crippen LogP contribution is -2.43. The quantitative estimate of drug-likeness (QED) is 0.701. The van der Waals surface area contributed by atoms with Crippen molar-refractivity contribution >= 4 is 11.3 Å². The van der Waals surface area contributed by atoms with Crippen LogP contribution in [0.5, 0.6) is 0 Å². The molecule has 0 aromatic carbocycles. The molecule has 0 fully saturated rings. The van der Waals surface area contributed by atoms with Gasteiger partial charge in [0.05, 0.1) is 6.04 Å². The molecule has 4 heteroatoms. The number of rotatable bonds is 9. The molecule has 0 amide bonds.